The number of ether oxygens (including phenoxy) is 1. The lowest BCUT2D eigenvalue weighted by atomic mass is 9.76. The smallest absolute Gasteiger partial charge is 0.253 e. The number of fused-ring (bicyclic) bond motifs is 1. The van der Waals surface area contributed by atoms with E-state index in [0.29, 0.717) is 11.4 Å². The Kier molecular flexibility index (Phi) is 5.81. The van der Waals surface area contributed by atoms with Crippen LogP contribution < -0.4 is 11.1 Å². The summed E-state index contributed by atoms with van der Waals surface area (Å²) in [5.41, 5.74) is 10.1. The molecule has 2 aliphatic carbocycles. The van der Waals surface area contributed by atoms with Gasteiger partial charge in [-0.1, -0.05) is 13.8 Å². The van der Waals surface area contributed by atoms with Gasteiger partial charge in [-0.3, -0.25) is 4.79 Å². The summed E-state index contributed by atoms with van der Waals surface area (Å²) < 4.78 is 22.4. The van der Waals surface area contributed by atoms with Crippen molar-refractivity contribution in [2.24, 2.45) is 11.1 Å². The van der Waals surface area contributed by atoms with Crippen LogP contribution in [-0.2, 0) is 17.6 Å². The Morgan fingerprint density at radius 2 is 2.00 bits per heavy atom. The summed E-state index contributed by atoms with van der Waals surface area (Å²) in [6.45, 7) is 6.51. The minimum atomic E-state index is -0.767. The molecule has 1 aromatic carbocycles. The number of carbonyl (C=O) groups is 1. The van der Waals surface area contributed by atoms with Gasteiger partial charge in [0, 0.05) is 24.9 Å². The van der Waals surface area contributed by atoms with Gasteiger partial charge in [0.25, 0.3) is 5.91 Å². The third-order valence-electron chi connectivity index (χ3n) is 6.92. The molecule has 1 saturated carbocycles. The first-order valence-electron chi connectivity index (χ1n) is 11.2. The number of primary amides is 1. The molecule has 4 rings (SSSR count). The summed E-state index contributed by atoms with van der Waals surface area (Å²) in [5, 5.41) is 8.13. The number of benzene rings is 1. The van der Waals surface area contributed by atoms with E-state index in [1.54, 1.807) is 7.11 Å². The Hall–Kier alpha value is -2.41. The number of aromatic nitrogens is 2. The molecule has 0 unspecified atom stereocenters. The number of methoxy groups -OCH3 is 1. The Labute approximate surface area is 183 Å². The van der Waals surface area contributed by atoms with Crippen molar-refractivity contribution >= 4 is 11.6 Å². The summed E-state index contributed by atoms with van der Waals surface area (Å²) in [4.78, 5) is 12.1. The fourth-order valence-corrected chi connectivity index (χ4v) is 5.07. The van der Waals surface area contributed by atoms with Gasteiger partial charge in [-0.05, 0) is 68.9 Å². The summed E-state index contributed by atoms with van der Waals surface area (Å²) in [6, 6.07) is 3.34. The third-order valence-corrected chi connectivity index (χ3v) is 6.92. The molecule has 0 bridgehead atoms. The summed E-state index contributed by atoms with van der Waals surface area (Å²) >= 11 is 0. The molecule has 31 heavy (non-hydrogen) atoms. The number of hydrogen-bond acceptors (Lipinski definition) is 4. The number of aryl methyl sites for hydroxylation is 1. The summed E-state index contributed by atoms with van der Waals surface area (Å²) in [5.74, 6) is -1.38. The summed E-state index contributed by atoms with van der Waals surface area (Å²) in [6.07, 6.45) is 6.89. The largest absolute Gasteiger partial charge is 0.382 e. The van der Waals surface area contributed by atoms with Crippen LogP contribution in [0.25, 0.3) is 5.69 Å². The Balaban J connectivity index is 1.72. The first-order chi connectivity index (χ1) is 14.7. The van der Waals surface area contributed by atoms with E-state index in [1.807, 2.05) is 17.7 Å². The predicted molar refractivity (Wildman–Crippen MR) is 119 cm³/mol. The SMILES string of the molecule is COC1CCC(Nc2cc(-n3nc(C)c4c3CC(C)(C)CC4)cc(F)c2C(N)=O)CC1. The lowest BCUT2D eigenvalue weighted by Gasteiger charge is -2.31. The van der Waals surface area contributed by atoms with Gasteiger partial charge in [0.15, 0.2) is 0 Å². The van der Waals surface area contributed by atoms with Crippen molar-refractivity contribution in [1.82, 2.24) is 9.78 Å². The van der Waals surface area contributed by atoms with Gasteiger partial charge in [0.2, 0.25) is 0 Å². The lowest BCUT2D eigenvalue weighted by Crippen LogP contribution is -2.30. The number of hydrogen-bond donors (Lipinski definition) is 2. The first kappa shape index (κ1) is 21.8. The lowest BCUT2D eigenvalue weighted by molar-refractivity contribution is 0.0681. The average molecular weight is 429 g/mol. The van der Waals surface area contributed by atoms with Gasteiger partial charge in [0.05, 0.1) is 28.7 Å². The number of nitrogens with two attached hydrogens (primary N) is 1. The maximum absolute atomic E-state index is 15.1. The molecule has 0 atom stereocenters. The standard InChI is InChI=1S/C24H33FN4O2/c1-14-18-9-10-24(2,3)13-21(18)29(28-14)16-11-19(25)22(23(26)30)20(12-16)27-15-5-7-17(31-4)8-6-15/h11-12,15,17,27H,5-10,13H2,1-4H3,(H2,26,30). The molecule has 6 nitrogen and oxygen atoms in total. The van der Waals surface area contributed by atoms with Crippen LogP contribution in [0.15, 0.2) is 12.1 Å². The zero-order chi connectivity index (χ0) is 22.3. The van der Waals surface area contributed by atoms with Crippen molar-refractivity contribution in [3.8, 4) is 5.69 Å². The second kappa shape index (κ2) is 8.26. The molecule has 1 amide bonds. The quantitative estimate of drug-likeness (QED) is 0.744. The molecule has 1 fully saturated rings. The fourth-order valence-electron chi connectivity index (χ4n) is 5.07. The Bertz CT molecular complexity index is 990. The van der Waals surface area contributed by atoms with E-state index < -0.39 is 11.7 Å². The second-order valence-corrected chi connectivity index (χ2v) is 9.83. The van der Waals surface area contributed by atoms with Crippen LogP contribution in [0, 0.1) is 18.2 Å². The third kappa shape index (κ3) is 4.33. The highest BCUT2D eigenvalue weighted by Gasteiger charge is 2.31. The van der Waals surface area contributed by atoms with E-state index in [0.717, 1.165) is 56.3 Å². The minimum absolute atomic E-state index is 0.0873. The van der Waals surface area contributed by atoms with E-state index >= 15 is 4.39 Å². The van der Waals surface area contributed by atoms with Gasteiger partial charge >= 0.3 is 0 Å². The molecular formula is C24H33FN4O2. The van der Waals surface area contributed by atoms with E-state index in [2.05, 4.69) is 19.2 Å². The molecule has 7 heteroatoms. The highest BCUT2D eigenvalue weighted by atomic mass is 19.1. The van der Waals surface area contributed by atoms with E-state index in [-0.39, 0.29) is 23.1 Å². The van der Waals surface area contributed by atoms with Gasteiger partial charge in [-0.2, -0.15) is 5.10 Å². The van der Waals surface area contributed by atoms with Gasteiger partial charge in [-0.15, -0.1) is 0 Å². The Morgan fingerprint density at radius 1 is 1.29 bits per heavy atom. The molecule has 0 radical (unpaired) electrons. The average Bonchev–Trinajstić information content (AvgIpc) is 3.02. The maximum atomic E-state index is 15.1. The molecule has 168 valence electrons. The predicted octanol–water partition coefficient (Wildman–Crippen LogP) is 4.30. The highest BCUT2D eigenvalue weighted by molar-refractivity contribution is 5.99. The van der Waals surface area contributed by atoms with Crippen molar-refractivity contribution in [2.75, 3.05) is 12.4 Å². The van der Waals surface area contributed by atoms with Crippen molar-refractivity contribution in [3.63, 3.8) is 0 Å². The zero-order valence-electron chi connectivity index (χ0n) is 18.9. The van der Waals surface area contributed by atoms with Crippen LogP contribution >= 0.6 is 0 Å². The zero-order valence-corrected chi connectivity index (χ0v) is 18.9. The molecule has 3 N–H and O–H groups in total. The molecule has 0 spiro atoms. The molecule has 0 aliphatic heterocycles. The number of nitrogens with zero attached hydrogens (tertiary/aromatic N) is 2. The molecular weight excluding hydrogens is 395 g/mol. The van der Waals surface area contributed by atoms with Crippen LogP contribution in [0.4, 0.5) is 10.1 Å². The number of rotatable bonds is 5. The van der Waals surface area contributed by atoms with Gasteiger partial charge in [0.1, 0.15) is 5.82 Å². The Morgan fingerprint density at radius 3 is 2.65 bits per heavy atom. The number of amides is 1. The van der Waals surface area contributed by atoms with Crippen molar-refractivity contribution < 1.29 is 13.9 Å². The molecule has 0 saturated heterocycles. The first-order valence-corrected chi connectivity index (χ1v) is 11.2. The molecule has 1 heterocycles. The van der Waals surface area contributed by atoms with Crippen LogP contribution in [0.5, 0.6) is 0 Å². The fraction of sp³-hybridized carbons (Fsp3) is 0.583. The van der Waals surface area contributed by atoms with E-state index in [4.69, 9.17) is 15.6 Å². The van der Waals surface area contributed by atoms with E-state index in [1.165, 1.54) is 11.6 Å². The van der Waals surface area contributed by atoms with Crippen molar-refractivity contribution in [3.05, 3.63) is 40.5 Å². The van der Waals surface area contributed by atoms with Crippen LogP contribution in [0.2, 0.25) is 0 Å². The van der Waals surface area contributed by atoms with Crippen molar-refractivity contribution in [2.45, 2.75) is 77.9 Å². The van der Waals surface area contributed by atoms with Crippen LogP contribution in [-0.4, -0.2) is 34.9 Å². The topological polar surface area (TPSA) is 82.2 Å². The number of anilines is 1. The maximum Gasteiger partial charge on any atom is 0.253 e. The molecule has 2 aromatic rings. The normalized spacial score (nSPS) is 22.7. The summed E-state index contributed by atoms with van der Waals surface area (Å²) in [7, 11) is 1.73. The number of carbonyl (C=O) groups excluding carboxylic acids is 1. The second-order valence-electron chi connectivity index (χ2n) is 9.83. The van der Waals surface area contributed by atoms with Gasteiger partial charge < -0.3 is 15.8 Å². The van der Waals surface area contributed by atoms with Gasteiger partial charge in [-0.25, -0.2) is 9.07 Å². The van der Waals surface area contributed by atoms with Crippen LogP contribution in [0.3, 0.4) is 0 Å². The molecule has 1 aromatic heterocycles. The minimum Gasteiger partial charge on any atom is -0.382 e. The number of nitrogens with one attached hydrogen (secondary N) is 1. The number of halogens is 1. The van der Waals surface area contributed by atoms with E-state index in [9.17, 15) is 4.79 Å². The van der Waals surface area contributed by atoms with Crippen LogP contribution in [0.1, 0.15) is 73.3 Å². The highest BCUT2D eigenvalue weighted by Crippen LogP contribution is 2.38. The molecule has 2 aliphatic rings. The van der Waals surface area contributed by atoms with Crippen molar-refractivity contribution in [1.29, 1.82) is 0 Å². The monoisotopic (exact) mass is 428 g/mol.